The summed E-state index contributed by atoms with van der Waals surface area (Å²) in [6.45, 7) is 3.92. The highest BCUT2D eigenvalue weighted by Gasteiger charge is 2.27. The van der Waals surface area contributed by atoms with Gasteiger partial charge in [-0.15, -0.1) is 10.2 Å². The molecule has 1 aliphatic rings. The summed E-state index contributed by atoms with van der Waals surface area (Å²) in [5.74, 6) is 0. The van der Waals surface area contributed by atoms with Crippen LogP contribution in [-0.2, 0) is 11.3 Å². The van der Waals surface area contributed by atoms with Gasteiger partial charge in [0.05, 0.1) is 6.61 Å². The van der Waals surface area contributed by atoms with Crippen LogP contribution in [0.2, 0.25) is 0 Å². The van der Waals surface area contributed by atoms with E-state index in [4.69, 9.17) is 4.74 Å². The monoisotopic (exact) mass is 373 g/mol. The molecular weight excluding hydrogens is 342 g/mol. The molecule has 3 rings (SSSR count). The number of nitrogens with zero attached hydrogens (tertiary/aromatic N) is 2. The first kappa shape index (κ1) is 19.3. The lowest BCUT2D eigenvalue weighted by Crippen LogP contribution is -2.00. The predicted octanol–water partition coefficient (Wildman–Crippen LogP) is 6.10. The van der Waals surface area contributed by atoms with E-state index in [1.807, 2.05) is 0 Å². The Morgan fingerprint density at radius 3 is 2.54 bits per heavy atom. The molecule has 1 N–H and O–H groups in total. The van der Waals surface area contributed by atoms with Crippen molar-refractivity contribution in [3.8, 4) is 0 Å². The fourth-order valence-corrected chi connectivity index (χ4v) is 4.27. The van der Waals surface area contributed by atoms with Gasteiger partial charge in [0.1, 0.15) is 6.10 Å². The van der Waals surface area contributed by atoms with Crippen molar-refractivity contribution in [1.29, 1.82) is 0 Å². The Balaban J connectivity index is 1.31. The van der Waals surface area contributed by atoms with Crippen molar-refractivity contribution in [2.45, 2.75) is 77.4 Å². The first-order valence-corrected chi connectivity index (χ1v) is 11.0. The first-order chi connectivity index (χ1) is 12.9. The maximum Gasteiger partial charge on any atom is 0.205 e. The van der Waals surface area contributed by atoms with Crippen LogP contribution in [0.3, 0.4) is 0 Å². The number of nitrogens with one attached hydrogen (secondary N) is 1. The zero-order chi connectivity index (χ0) is 18.0. The van der Waals surface area contributed by atoms with Crippen molar-refractivity contribution in [2.75, 3.05) is 11.9 Å². The second-order valence-electron chi connectivity index (χ2n) is 7.09. The summed E-state index contributed by atoms with van der Waals surface area (Å²) < 4.78 is 5.91. The Labute approximate surface area is 161 Å². The highest BCUT2D eigenvalue weighted by Crippen LogP contribution is 2.37. The Morgan fingerprint density at radius 1 is 1.00 bits per heavy atom. The summed E-state index contributed by atoms with van der Waals surface area (Å²) in [5, 5.41) is 13.9. The molecule has 0 aliphatic carbocycles. The lowest BCUT2D eigenvalue weighted by molar-refractivity contribution is 0.0933. The number of unbranched alkanes of at least 4 members (excludes halogenated alkanes) is 8. The third kappa shape index (κ3) is 5.52. The average Bonchev–Trinajstić information content (AvgIpc) is 3.30. The van der Waals surface area contributed by atoms with E-state index in [1.165, 1.54) is 68.9 Å². The number of hydrogen-bond donors (Lipinski definition) is 1. The van der Waals surface area contributed by atoms with Crippen molar-refractivity contribution < 1.29 is 4.74 Å². The molecule has 26 heavy (non-hydrogen) atoms. The normalized spacial score (nSPS) is 16.0. The lowest BCUT2D eigenvalue weighted by Gasteiger charge is -2.06. The standard InChI is InChI=1S/C21H31N3OS/c1-2-3-4-5-6-7-8-9-12-15-22-21-24-23-20(26-21)19-18-14-11-10-13-17(18)16-25-19/h10-11,13-14,19H,2-9,12,15-16H2,1H3,(H,22,24). The molecule has 0 spiro atoms. The molecule has 1 aliphatic heterocycles. The van der Waals surface area contributed by atoms with Crippen molar-refractivity contribution >= 4 is 16.5 Å². The van der Waals surface area contributed by atoms with Crippen LogP contribution in [-0.4, -0.2) is 16.7 Å². The van der Waals surface area contributed by atoms with Gasteiger partial charge in [-0.3, -0.25) is 0 Å². The van der Waals surface area contributed by atoms with Crippen LogP contribution >= 0.6 is 11.3 Å². The molecule has 5 heteroatoms. The molecule has 4 nitrogen and oxygen atoms in total. The fraction of sp³-hybridized carbons (Fsp3) is 0.619. The van der Waals surface area contributed by atoms with Gasteiger partial charge in [0.15, 0.2) is 5.01 Å². The van der Waals surface area contributed by atoms with Gasteiger partial charge in [-0.25, -0.2) is 0 Å². The first-order valence-electron chi connectivity index (χ1n) is 10.1. The van der Waals surface area contributed by atoms with Gasteiger partial charge in [-0.1, -0.05) is 93.9 Å². The smallest absolute Gasteiger partial charge is 0.205 e. The molecule has 2 aromatic rings. The molecule has 0 saturated carbocycles. The second-order valence-corrected chi connectivity index (χ2v) is 8.10. The molecule has 0 saturated heterocycles. The number of fused-ring (bicyclic) bond motifs is 1. The maximum atomic E-state index is 5.91. The number of anilines is 1. The van der Waals surface area contributed by atoms with Gasteiger partial charge in [-0.2, -0.15) is 0 Å². The van der Waals surface area contributed by atoms with E-state index in [-0.39, 0.29) is 6.10 Å². The third-order valence-electron chi connectivity index (χ3n) is 4.96. The van der Waals surface area contributed by atoms with Gasteiger partial charge in [-0.05, 0) is 17.5 Å². The van der Waals surface area contributed by atoms with Crippen LogP contribution < -0.4 is 5.32 Å². The quantitative estimate of drug-likeness (QED) is 0.457. The molecule has 1 aromatic carbocycles. The molecule has 0 radical (unpaired) electrons. The summed E-state index contributed by atoms with van der Waals surface area (Å²) in [6.07, 6.45) is 12.1. The zero-order valence-electron chi connectivity index (χ0n) is 15.9. The summed E-state index contributed by atoms with van der Waals surface area (Å²) in [5.41, 5.74) is 2.49. The lowest BCUT2D eigenvalue weighted by atomic mass is 10.1. The van der Waals surface area contributed by atoms with E-state index >= 15 is 0 Å². The largest absolute Gasteiger partial charge is 0.361 e. The van der Waals surface area contributed by atoms with E-state index in [0.717, 1.165) is 16.7 Å². The average molecular weight is 374 g/mol. The van der Waals surface area contributed by atoms with Gasteiger partial charge >= 0.3 is 0 Å². The molecule has 1 atom stereocenters. The molecule has 1 aromatic heterocycles. The van der Waals surface area contributed by atoms with Crippen molar-refractivity contribution in [1.82, 2.24) is 10.2 Å². The Kier molecular flexibility index (Phi) is 7.89. The minimum Gasteiger partial charge on any atom is -0.361 e. The van der Waals surface area contributed by atoms with Crippen LogP contribution in [0.4, 0.5) is 5.13 Å². The van der Waals surface area contributed by atoms with Crippen molar-refractivity contribution in [3.05, 3.63) is 40.4 Å². The third-order valence-corrected chi connectivity index (χ3v) is 5.89. The number of rotatable bonds is 12. The van der Waals surface area contributed by atoms with Crippen molar-refractivity contribution in [2.24, 2.45) is 0 Å². The number of aromatic nitrogens is 2. The molecule has 142 valence electrons. The van der Waals surface area contributed by atoms with E-state index in [0.29, 0.717) is 6.61 Å². The number of benzene rings is 1. The van der Waals surface area contributed by atoms with Crippen molar-refractivity contribution in [3.63, 3.8) is 0 Å². The Bertz CT molecular complexity index is 658. The van der Waals surface area contributed by atoms with Crippen LogP contribution in [0, 0.1) is 0 Å². The number of hydrogen-bond acceptors (Lipinski definition) is 5. The van der Waals surface area contributed by atoms with E-state index in [2.05, 4.69) is 46.7 Å². The molecule has 1 unspecified atom stereocenters. The summed E-state index contributed by atoms with van der Waals surface area (Å²) in [7, 11) is 0. The second kappa shape index (κ2) is 10.6. The van der Waals surface area contributed by atoms with E-state index < -0.39 is 0 Å². The fourth-order valence-electron chi connectivity index (χ4n) is 3.43. The van der Waals surface area contributed by atoms with E-state index in [9.17, 15) is 0 Å². The minimum atomic E-state index is -0.0491. The summed E-state index contributed by atoms with van der Waals surface area (Å²) in [4.78, 5) is 0. The Hall–Kier alpha value is -1.46. The number of ether oxygens (including phenoxy) is 1. The van der Waals surface area contributed by atoms with Gasteiger partial charge in [0.25, 0.3) is 0 Å². The highest BCUT2D eigenvalue weighted by molar-refractivity contribution is 7.15. The van der Waals surface area contributed by atoms with Gasteiger partial charge < -0.3 is 10.1 Å². The highest BCUT2D eigenvalue weighted by atomic mass is 32.1. The molecule has 0 fully saturated rings. The van der Waals surface area contributed by atoms with Crippen LogP contribution in [0.1, 0.15) is 86.9 Å². The molecule has 2 heterocycles. The summed E-state index contributed by atoms with van der Waals surface area (Å²) >= 11 is 1.61. The van der Waals surface area contributed by atoms with Crippen LogP contribution in [0.5, 0.6) is 0 Å². The van der Waals surface area contributed by atoms with E-state index in [1.54, 1.807) is 11.3 Å². The molecular formula is C21H31N3OS. The van der Waals surface area contributed by atoms with Crippen LogP contribution in [0.15, 0.2) is 24.3 Å². The minimum absolute atomic E-state index is 0.0491. The van der Waals surface area contributed by atoms with Gasteiger partial charge in [0.2, 0.25) is 5.13 Å². The topological polar surface area (TPSA) is 47.0 Å². The predicted molar refractivity (Wildman–Crippen MR) is 109 cm³/mol. The van der Waals surface area contributed by atoms with Gasteiger partial charge in [0, 0.05) is 6.54 Å². The van der Waals surface area contributed by atoms with Crippen LogP contribution in [0.25, 0.3) is 0 Å². The molecule has 0 bridgehead atoms. The maximum absolute atomic E-state index is 5.91. The Morgan fingerprint density at radius 2 is 1.73 bits per heavy atom. The SMILES string of the molecule is CCCCCCCCCCCNc1nnc(C2OCc3ccccc32)s1. The zero-order valence-corrected chi connectivity index (χ0v) is 16.7. The summed E-state index contributed by atoms with van der Waals surface area (Å²) in [6, 6.07) is 8.37. The molecule has 0 amide bonds.